The second kappa shape index (κ2) is 12.6. The van der Waals surface area contributed by atoms with Crippen LogP contribution in [-0.4, -0.2) is 10.2 Å². The molecule has 0 spiro atoms. The summed E-state index contributed by atoms with van der Waals surface area (Å²) in [5.74, 6) is -3.49. The lowest BCUT2D eigenvalue weighted by atomic mass is 9.99. The number of halogens is 7. The monoisotopic (exact) mass is 770 g/mol. The van der Waals surface area contributed by atoms with Gasteiger partial charge in [-0.1, -0.05) is 58.4 Å². The number of hydrogen-bond acceptors (Lipinski definition) is 2. The van der Waals surface area contributed by atoms with Crippen LogP contribution in [0, 0.1) is 30.4 Å². The van der Waals surface area contributed by atoms with E-state index >= 15 is 0 Å². The van der Waals surface area contributed by atoms with E-state index in [1.165, 1.54) is 24.3 Å². The molecule has 2 nitrogen and oxygen atoms in total. The van der Waals surface area contributed by atoms with Crippen LogP contribution in [0.1, 0.15) is 11.1 Å². The Morgan fingerprint density at radius 3 is 1.60 bits per heavy atom. The Labute approximate surface area is 235 Å². The molecule has 2 N–H and O–H groups in total. The number of benzene rings is 4. The standard InChI is InChI=1S/C13H8BrF2IO.C13H9F2IO/c14-8-2-1-7(6-18)10(5-8)9-3-4-11(17)13(16)12(9)15;14-12-10(5-6-11(16)13(12)15)9-4-2-1-3-8(9)7-17/h1-5,18H,6H2;1-6,17H,7H2. The van der Waals surface area contributed by atoms with Gasteiger partial charge in [-0.25, -0.2) is 17.6 Å². The first-order valence-electron chi connectivity index (χ1n) is 10.0. The normalized spacial score (nSPS) is 10.7. The summed E-state index contributed by atoms with van der Waals surface area (Å²) in [5.41, 5.74) is 2.46. The van der Waals surface area contributed by atoms with Crippen LogP contribution in [0.15, 0.2) is 71.2 Å². The third-order valence-electron chi connectivity index (χ3n) is 5.08. The molecule has 0 aliphatic heterocycles. The first-order valence-corrected chi connectivity index (χ1v) is 13.0. The fourth-order valence-corrected chi connectivity index (χ4v) is 4.52. The van der Waals surface area contributed by atoms with Crippen molar-refractivity contribution in [2.24, 2.45) is 0 Å². The number of aliphatic hydroxyl groups excluding tert-OH is 2. The molecule has 0 atom stereocenters. The second-order valence-electron chi connectivity index (χ2n) is 7.22. The summed E-state index contributed by atoms with van der Waals surface area (Å²) in [4.78, 5) is 0. The first kappa shape index (κ1) is 28.0. The van der Waals surface area contributed by atoms with Gasteiger partial charge in [0.2, 0.25) is 0 Å². The molecule has 4 aromatic rings. The minimum absolute atomic E-state index is 0.151. The third kappa shape index (κ3) is 6.43. The second-order valence-corrected chi connectivity index (χ2v) is 10.5. The Morgan fingerprint density at radius 2 is 1.06 bits per heavy atom. The van der Waals surface area contributed by atoms with Crippen molar-refractivity contribution in [3.8, 4) is 22.3 Å². The molecule has 0 fully saturated rings. The molecule has 4 aromatic carbocycles. The van der Waals surface area contributed by atoms with Gasteiger partial charge in [0, 0.05) is 15.6 Å². The smallest absolute Gasteiger partial charge is 0.172 e. The van der Waals surface area contributed by atoms with Crippen molar-refractivity contribution in [2.75, 3.05) is 0 Å². The van der Waals surface area contributed by atoms with E-state index in [-0.39, 0.29) is 31.5 Å². The molecule has 0 aliphatic carbocycles. The fraction of sp³-hybridized carbons (Fsp3) is 0.0769. The number of rotatable bonds is 4. The van der Waals surface area contributed by atoms with Gasteiger partial charge in [0.15, 0.2) is 23.3 Å². The Bertz CT molecular complexity index is 1370. The maximum Gasteiger partial charge on any atom is 0.172 e. The van der Waals surface area contributed by atoms with Gasteiger partial charge < -0.3 is 10.2 Å². The lowest BCUT2D eigenvalue weighted by Gasteiger charge is -2.10. The Morgan fingerprint density at radius 1 is 0.571 bits per heavy atom. The van der Waals surface area contributed by atoms with Crippen LogP contribution in [0.2, 0.25) is 0 Å². The molecule has 0 radical (unpaired) electrons. The average molecular weight is 771 g/mol. The summed E-state index contributed by atoms with van der Waals surface area (Å²) >= 11 is 6.76. The molecule has 0 aliphatic rings. The van der Waals surface area contributed by atoms with Crippen molar-refractivity contribution in [3.05, 3.63) is 113 Å². The molecular formula is C26H17BrF4I2O2. The molecule has 0 saturated carbocycles. The van der Waals surface area contributed by atoms with Crippen LogP contribution in [0.5, 0.6) is 0 Å². The Balaban J connectivity index is 0.000000196. The van der Waals surface area contributed by atoms with Crippen LogP contribution in [0.4, 0.5) is 17.6 Å². The molecule has 35 heavy (non-hydrogen) atoms. The summed E-state index contributed by atoms with van der Waals surface area (Å²) in [6, 6.07) is 18.0. The van der Waals surface area contributed by atoms with Crippen molar-refractivity contribution >= 4 is 61.1 Å². The van der Waals surface area contributed by atoms with Crippen molar-refractivity contribution < 1.29 is 27.8 Å². The van der Waals surface area contributed by atoms with E-state index in [0.29, 0.717) is 22.3 Å². The van der Waals surface area contributed by atoms with E-state index in [1.54, 1.807) is 87.6 Å². The third-order valence-corrected chi connectivity index (χ3v) is 7.24. The zero-order valence-electron chi connectivity index (χ0n) is 17.8. The minimum atomic E-state index is -0.894. The van der Waals surface area contributed by atoms with E-state index in [4.69, 9.17) is 0 Å². The van der Waals surface area contributed by atoms with Gasteiger partial charge in [0.1, 0.15) is 0 Å². The maximum absolute atomic E-state index is 13.9. The summed E-state index contributed by atoms with van der Waals surface area (Å²) in [6.45, 7) is -0.432. The van der Waals surface area contributed by atoms with Crippen molar-refractivity contribution in [3.63, 3.8) is 0 Å². The molecule has 0 unspecified atom stereocenters. The molecule has 4 rings (SSSR count). The van der Waals surface area contributed by atoms with Gasteiger partial charge in [-0.05, 0) is 91.7 Å². The van der Waals surface area contributed by atoms with Crippen LogP contribution < -0.4 is 0 Å². The Hall–Kier alpha value is -1.54. The zero-order valence-corrected chi connectivity index (χ0v) is 23.7. The number of hydrogen-bond donors (Lipinski definition) is 2. The highest BCUT2D eigenvalue weighted by atomic mass is 127. The van der Waals surface area contributed by atoms with Gasteiger partial charge in [-0.2, -0.15) is 0 Å². The SMILES string of the molecule is OCc1ccc(Br)cc1-c1ccc(I)c(F)c1F.OCc1ccccc1-c1ccc(I)c(F)c1F. The molecule has 0 saturated heterocycles. The lowest BCUT2D eigenvalue weighted by molar-refractivity contribution is 0.282. The molecule has 9 heteroatoms. The van der Waals surface area contributed by atoms with E-state index < -0.39 is 23.3 Å². The predicted molar refractivity (Wildman–Crippen MR) is 149 cm³/mol. The molecule has 0 heterocycles. The van der Waals surface area contributed by atoms with Gasteiger partial charge in [0.05, 0.1) is 20.4 Å². The Kier molecular flexibility index (Phi) is 10.1. The van der Waals surface area contributed by atoms with Gasteiger partial charge in [-0.3, -0.25) is 0 Å². The van der Waals surface area contributed by atoms with Crippen molar-refractivity contribution in [1.29, 1.82) is 0 Å². The highest BCUT2D eigenvalue weighted by Crippen LogP contribution is 2.32. The van der Waals surface area contributed by atoms with Gasteiger partial charge in [-0.15, -0.1) is 0 Å². The first-order chi connectivity index (χ1) is 16.7. The molecule has 0 bridgehead atoms. The van der Waals surface area contributed by atoms with E-state index in [0.717, 1.165) is 4.47 Å². The van der Waals surface area contributed by atoms with E-state index in [1.807, 2.05) is 0 Å². The maximum atomic E-state index is 13.9. The summed E-state index contributed by atoms with van der Waals surface area (Å²) in [6.07, 6.45) is 0. The van der Waals surface area contributed by atoms with Gasteiger partial charge in [0.25, 0.3) is 0 Å². The predicted octanol–water partition coefficient (Wildman–Crippen LogP) is 8.22. The molecule has 0 aromatic heterocycles. The van der Waals surface area contributed by atoms with Crippen molar-refractivity contribution in [2.45, 2.75) is 13.2 Å². The number of aliphatic hydroxyl groups is 2. The molecule has 0 amide bonds. The zero-order chi connectivity index (χ0) is 25.7. The fourth-order valence-electron chi connectivity index (χ4n) is 3.33. The summed E-state index contributed by atoms with van der Waals surface area (Å²) in [7, 11) is 0. The summed E-state index contributed by atoms with van der Waals surface area (Å²) < 4.78 is 56.0. The van der Waals surface area contributed by atoms with Crippen LogP contribution in [0.3, 0.4) is 0 Å². The van der Waals surface area contributed by atoms with E-state index in [2.05, 4.69) is 15.9 Å². The van der Waals surface area contributed by atoms with Crippen molar-refractivity contribution in [1.82, 2.24) is 0 Å². The lowest BCUT2D eigenvalue weighted by Crippen LogP contribution is -1.96. The van der Waals surface area contributed by atoms with Crippen LogP contribution >= 0.6 is 61.1 Å². The largest absolute Gasteiger partial charge is 0.392 e. The quantitative estimate of drug-likeness (QED) is 0.125. The van der Waals surface area contributed by atoms with Gasteiger partial charge >= 0.3 is 0 Å². The molecular weight excluding hydrogens is 754 g/mol. The highest BCUT2D eigenvalue weighted by molar-refractivity contribution is 14.1. The van der Waals surface area contributed by atoms with Crippen LogP contribution in [0.25, 0.3) is 22.3 Å². The average Bonchev–Trinajstić information content (AvgIpc) is 2.86. The van der Waals surface area contributed by atoms with E-state index in [9.17, 15) is 27.8 Å². The van der Waals surface area contributed by atoms with Crippen LogP contribution in [-0.2, 0) is 13.2 Å². The molecule has 182 valence electrons. The summed E-state index contributed by atoms with van der Waals surface area (Å²) in [5, 5.41) is 18.4. The topological polar surface area (TPSA) is 40.5 Å². The minimum Gasteiger partial charge on any atom is -0.392 e. The highest BCUT2D eigenvalue weighted by Gasteiger charge is 2.16.